The number of hydrogen-bond acceptors (Lipinski definition) is 6. The van der Waals surface area contributed by atoms with Crippen molar-refractivity contribution in [2.24, 2.45) is 11.3 Å². The first-order chi connectivity index (χ1) is 16.4. The number of carbonyl (C=O) groups excluding carboxylic acids is 1. The molecule has 2 heterocycles. The van der Waals surface area contributed by atoms with E-state index < -0.39 is 0 Å². The second-order valence-corrected chi connectivity index (χ2v) is 10.2. The van der Waals surface area contributed by atoms with Crippen LogP contribution in [0, 0.1) is 11.3 Å². The molecule has 1 aliphatic carbocycles. The van der Waals surface area contributed by atoms with E-state index in [2.05, 4.69) is 24.9 Å². The topological polar surface area (TPSA) is 81.1 Å². The Balaban J connectivity index is 1.33. The zero-order chi connectivity index (χ0) is 24.1. The van der Waals surface area contributed by atoms with Gasteiger partial charge in [-0.3, -0.25) is 9.78 Å². The third-order valence-corrected chi connectivity index (χ3v) is 6.92. The van der Waals surface area contributed by atoms with Gasteiger partial charge in [0, 0.05) is 31.3 Å². The summed E-state index contributed by atoms with van der Waals surface area (Å²) in [5.41, 5.74) is 1.89. The van der Waals surface area contributed by atoms with Crippen molar-refractivity contribution in [3.8, 4) is 17.2 Å². The highest BCUT2D eigenvalue weighted by molar-refractivity contribution is 5.93. The summed E-state index contributed by atoms with van der Waals surface area (Å²) in [7, 11) is 1.67. The van der Waals surface area contributed by atoms with E-state index in [1.807, 2.05) is 12.1 Å². The Morgan fingerprint density at radius 1 is 1.18 bits per heavy atom. The number of aliphatic hydroxyl groups excluding tert-OH is 1. The Morgan fingerprint density at radius 2 is 2.00 bits per heavy atom. The molecule has 184 valence electrons. The molecule has 1 aromatic heterocycles. The standard InChI is InChI=1S/C27H36N2O5/c1-27(2)9-4-5-19(15-27)18-34-24-7-6-20(13-25(24)32-3)21-16-29(17-21)26(31)23-14-22(8-10-28-23)33-12-11-30/h6-8,10,13-14,19,21,30H,4-5,9,11-12,15-18H2,1-3H3. The Hall–Kier alpha value is -2.80. The maximum absolute atomic E-state index is 12.8. The summed E-state index contributed by atoms with van der Waals surface area (Å²) in [4.78, 5) is 18.8. The van der Waals surface area contributed by atoms with Gasteiger partial charge in [-0.15, -0.1) is 0 Å². The predicted octanol–water partition coefficient (Wildman–Crippen LogP) is 4.30. The molecule has 34 heavy (non-hydrogen) atoms. The molecule has 1 unspecified atom stereocenters. The van der Waals surface area contributed by atoms with Crippen molar-refractivity contribution >= 4 is 5.91 Å². The van der Waals surface area contributed by atoms with Crippen LogP contribution in [0.15, 0.2) is 36.5 Å². The molecule has 2 aliphatic rings. The highest BCUT2D eigenvalue weighted by Gasteiger charge is 2.33. The molecule has 1 aromatic carbocycles. The monoisotopic (exact) mass is 468 g/mol. The number of pyridine rings is 1. The second kappa shape index (κ2) is 10.6. The van der Waals surface area contributed by atoms with Crippen molar-refractivity contribution in [1.82, 2.24) is 9.88 Å². The van der Waals surface area contributed by atoms with E-state index in [1.54, 1.807) is 30.3 Å². The van der Waals surface area contributed by atoms with Crippen molar-refractivity contribution < 1.29 is 24.1 Å². The first kappa shape index (κ1) is 24.3. The summed E-state index contributed by atoms with van der Waals surface area (Å²) >= 11 is 0. The number of rotatable bonds is 9. The van der Waals surface area contributed by atoms with Crippen LogP contribution in [0.5, 0.6) is 17.2 Å². The van der Waals surface area contributed by atoms with E-state index in [1.165, 1.54) is 25.7 Å². The highest BCUT2D eigenvalue weighted by atomic mass is 16.5. The number of hydrogen-bond donors (Lipinski definition) is 1. The van der Waals surface area contributed by atoms with Gasteiger partial charge >= 0.3 is 0 Å². The number of benzene rings is 1. The molecule has 1 amide bonds. The van der Waals surface area contributed by atoms with E-state index in [0.29, 0.717) is 35.9 Å². The average molecular weight is 469 g/mol. The van der Waals surface area contributed by atoms with Gasteiger partial charge in [-0.2, -0.15) is 0 Å². The summed E-state index contributed by atoms with van der Waals surface area (Å²) in [6, 6.07) is 9.41. The number of aliphatic hydroxyl groups is 1. The summed E-state index contributed by atoms with van der Waals surface area (Å²) in [6.07, 6.45) is 6.53. The minimum Gasteiger partial charge on any atom is -0.493 e. The van der Waals surface area contributed by atoms with Gasteiger partial charge in [0.05, 0.1) is 20.3 Å². The minimum absolute atomic E-state index is 0.0779. The molecule has 0 spiro atoms. The summed E-state index contributed by atoms with van der Waals surface area (Å²) in [5, 5.41) is 8.91. The molecule has 2 aromatic rings. The van der Waals surface area contributed by atoms with Crippen LogP contribution in [-0.2, 0) is 0 Å². The van der Waals surface area contributed by atoms with Crippen LogP contribution in [0.4, 0.5) is 0 Å². The molecule has 4 rings (SSSR count). The van der Waals surface area contributed by atoms with Crippen molar-refractivity contribution in [1.29, 1.82) is 0 Å². The lowest BCUT2D eigenvalue weighted by molar-refractivity contribution is 0.0595. The second-order valence-electron chi connectivity index (χ2n) is 10.2. The molecule has 1 saturated heterocycles. The largest absolute Gasteiger partial charge is 0.493 e. The van der Waals surface area contributed by atoms with Crippen LogP contribution in [0.2, 0.25) is 0 Å². The van der Waals surface area contributed by atoms with Crippen molar-refractivity contribution in [2.75, 3.05) is 40.0 Å². The van der Waals surface area contributed by atoms with Crippen molar-refractivity contribution in [3.63, 3.8) is 0 Å². The van der Waals surface area contributed by atoms with E-state index in [9.17, 15) is 4.79 Å². The van der Waals surface area contributed by atoms with Crippen LogP contribution >= 0.6 is 0 Å². The Kier molecular flexibility index (Phi) is 7.61. The highest BCUT2D eigenvalue weighted by Crippen LogP contribution is 2.40. The van der Waals surface area contributed by atoms with Crippen LogP contribution in [0.1, 0.15) is 61.5 Å². The molecule has 1 aliphatic heterocycles. The first-order valence-electron chi connectivity index (χ1n) is 12.2. The number of methoxy groups -OCH3 is 1. The van der Waals surface area contributed by atoms with Gasteiger partial charge in [0.2, 0.25) is 0 Å². The SMILES string of the molecule is COc1cc(C2CN(C(=O)c3cc(OCCO)ccn3)C2)ccc1OCC1CCCC(C)(C)C1. The average Bonchev–Trinajstić information content (AvgIpc) is 2.80. The van der Waals surface area contributed by atoms with Crippen LogP contribution in [-0.4, -0.2) is 60.9 Å². The summed E-state index contributed by atoms with van der Waals surface area (Å²) < 4.78 is 17.2. The van der Waals surface area contributed by atoms with Gasteiger partial charge in [-0.25, -0.2) is 0 Å². The number of amides is 1. The van der Waals surface area contributed by atoms with E-state index >= 15 is 0 Å². The maximum Gasteiger partial charge on any atom is 0.272 e. The fourth-order valence-corrected chi connectivity index (χ4v) is 5.06. The molecule has 1 atom stereocenters. The molecule has 0 bridgehead atoms. The molecular weight excluding hydrogens is 432 g/mol. The van der Waals surface area contributed by atoms with Gasteiger partial charge in [0.15, 0.2) is 11.5 Å². The van der Waals surface area contributed by atoms with Crippen molar-refractivity contribution in [2.45, 2.75) is 45.4 Å². The lowest BCUT2D eigenvalue weighted by Crippen LogP contribution is -2.48. The number of nitrogens with zero attached hydrogens (tertiary/aromatic N) is 2. The molecule has 1 N–H and O–H groups in total. The van der Waals surface area contributed by atoms with E-state index in [4.69, 9.17) is 19.3 Å². The molecule has 7 heteroatoms. The number of likely N-dealkylation sites (tertiary alicyclic amines) is 1. The van der Waals surface area contributed by atoms with Gasteiger partial charge in [0.1, 0.15) is 18.1 Å². The quantitative estimate of drug-likeness (QED) is 0.591. The van der Waals surface area contributed by atoms with E-state index in [0.717, 1.165) is 23.7 Å². The third kappa shape index (κ3) is 5.81. The van der Waals surface area contributed by atoms with Gasteiger partial charge in [-0.05, 0) is 54.4 Å². The fourth-order valence-electron chi connectivity index (χ4n) is 5.06. The normalized spacial score (nSPS) is 19.9. The maximum atomic E-state index is 12.8. The molecule has 2 fully saturated rings. The Morgan fingerprint density at radius 3 is 2.74 bits per heavy atom. The Labute approximate surface area is 202 Å². The zero-order valence-corrected chi connectivity index (χ0v) is 20.5. The fraction of sp³-hybridized carbons (Fsp3) is 0.556. The van der Waals surface area contributed by atoms with Crippen molar-refractivity contribution in [3.05, 3.63) is 47.8 Å². The van der Waals surface area contributed by atoms with Gasteiger partial charge in [-0.1, -0.05) is 26.3 Å². The lowest BCUT2D eigenvalue weighted by Gasteiger charge is -2.39. The smallest absolute Gasteiger partial charge is 0.272 e. The Bertz CT molecular complexity index is 987. The first-order valence-corrected chi connectivity index (χ1v) is 12.2. The lowest BCUT2D eigenvalue weighted by atomic mass is 9.72. The molecule has 7 nitrogen and oxygen atoms in total. The molecular formula is C27H36N2O5. The van der Waals surface area contributed by atoms with Gasteiger partial charge < -0.3 is 24.2 Å². The zero-order valence-electron chi connectivity index (χ0n) is 20.5. The summed E-state index contributed by atoms with van der Waals surface area (Å²) in [5.74, 6) is 2.77. The van der Waals surface area contributed by atoms with Crippen LogP contribution in [0.25, 0.3) is 0 Å². The van der Waals surface area contributed by atoms with Gasteiger partial charge in [0.25, 0.3) is 5.91 Å². The van der Waals surface area contributed by atoms with Crippen LogP contribution in [0.3, 0.4) is 0 Å². The summed E-state index contributed by atoms with van der Waals surface area (Å²) in [6.45, 7) is 6.78. The molecule has 0 radical (unpaired) electrons. The van der Waals surface area contributed by atoms with E-state index in [-0.39, 0.29) is 25.0 Å². The number of carbonyl (C=O) groups is 1. The third-order valence-electron chi connectivity index (χ3n) is 6.92. The molecule has 1 saturated carbocycles. The number of aromatic nitrogens is 1. The minimum atomic E-state index is -0.118. The predicted molar refractivity (Wildman–Crippen MR) is 130 cm³/mol. The van der Waals surface area contributed by atoms with Crippen LogP contribution < -0.4 is 14.2 Å². The number of ether oxygens (including phenoxy) is 3.